The van der Waals surface area contributed by atoms with Crippen LogP contribution in [0.5, 0.6) is 0 Å². The number of thioether (sulfide) groups is 1. The van der Waals surface area contributed by atoms with Crippen LogP contribution in [0, 0.1) is 0 Å². The fourth-order valence-corrected chi connectivity index (χ4v) is 5.09. The van der Waals surface area contributed by atoms with Gasteiger partial charge in [0.15, 0.2) is 0 Å². The van der Waals surface area contributed by atoms with Crippen molar-refractivity contribution in [1.29, 1.82) is 0 Å². The summed E-state index contributed by atoms with van der Waals surface area (Å²) in [5.74, 6) is -2.61. The number of hydrogen-bond acceptors (Lipinski definition) is 8. The third kappa shape index (κ3) is 3.91. The largest absolute Gasteiger partial charge is 0.477 e. The van der Waals surface area contributed by atoms with Gasteiger partial charge in [0.2, 0.25) is 12.2 Å². The van der Waals surface area contributed by atoms with E-state index in [0.29, 0.717) is 0 Å². The van der Waals surface area contributed by atoms with E-state index in [-0.39, 0.29) is 29.4 Å². The van der Waals surface area contributed by atoms with Crippen LogP contribution in [0.2, 0.25) is 0 Å². The zero-order valence-corrected chi connectivity index (χ0v) is 16.7. The molecule has 1 aromatic heterocycles. The van der Waals surface area contributed by atoms with Crippen LogP contribution in [0.3, 0.4) is 0 Å². The SMILES string of the molecule is COC(OC(C)=O)C1=C(C(=O)O)N2C(=O)[C@@H](NC(=O)Cc3cccs3)[C@H]2SC1. The van der Waals surface area contributed by atoms with Gasteiger partial charge >= 0.3 is 11.9 Å². The minimum absolute atomic E-state index is 0.157. The van der Waals surface area contributed by atoms with E-state index in [0.717, 1.165) is 9.78 Å². The van der Waals surface area contributed by atoms with Crippen molar-refractivity contribution in [2.45, 2.75) is 31.1 Å². The lowest BCUT2D eigenvalue weighted by atomic mass is 10.0. The smallest absolute Gasteiger partial charge is 0.352 e. The molecule has 0 bridgehead atoms. The lowest BCUT2D eigenvalue weighted by molar-refractivity contribution is -0.165. The van der Waals surface area contributed by atoms with Crippen LogP contribution in [0.4, 0.5) is 0 Å². The molecule has 2 N–H and O–H groups in total. The molecule has 1 fully saturated rings. The minimum atomic E-state index is -1.33. The first-order valence-corrected chi connectivity index (χ1v) is 10.2. The lowest BCUT2D eigenvalue weighted by Crippen LogP contribution is -2.71. The Morgan fingerprint density at radius 3 is 2.75 bits per heavy atom. The monoisotopic (exact) mass is 426 g/mol. The number of ether oxygens (including phenoxy) is 2. The molecule has 150 valence electrons. The molecule has 0 saturated carbocycles. The molecule has 1 saturated heterocycles. The molecule has 1 unspecified atom stereocenters. The molecule has 2 amide bonds. The number of esters is 1. The quantitative estimate of drug-likeness (QED) is 0.369. The highest BCUT2D eigenvalue weighted by Crippen LogP contribution is 2.41. The number of β-lactam (4-membered cyclic amide) rings is 1. The average molecular weight is 426 g/mol. The van der Waals surface area contributed by atoms with Crippen molar-refractivity contribution in [3.8, 4) is 0 Å². The molecule has 2 aliphatic heterocycles. The number of carboxylic acid groups (broad SMARTS) is 1. The van der Waals surface area contributed by atoms with Gasteiger partial charge in [-0.15, -0.1) is 23.1 Å². The first-order valence-electron chi connectivity index (χ1n) is 8.26. The first kappa shape index (κ1) is 20.4. The van der Waals surface area contributed by atoms with Gasteiger partial charge < -0.3 is 19.9 Å². The second-order valence-corrected chi connectivity index (χ2v) is 8.20. The number of carbonyl (C=O) groups excluding carboxylic acids is 3. The first-order chi connectivity index (χ1) is 13.3. The number of aliphatic carboxylic acids is 1. The normalized spacial score (nSPS) is 22.2. The van der Waals surface area contributed by atoms with E-state index in [4.69, 9.17) is 9.47 Å². The van der Waals surface area contributed by atoms with E-state index in [9.17, 15) is 24.3 Å². The lowest BCUT2D eigenvalue weighted by Gasteiger charge is -2.49. The topological polar surface area (TPSA) is 122 Å². The summed E-state index contributed by atoms with van der Waals surface area (Å²) in [6.07, 6.45) is -1.04. The number of carboxylic acids is 1. The van der Waals surface area contributed by atoms with Crippen molar-refractivity contribution < 1.29 is 33.8 Å². The van der Waals surface area contributed by atoms with Gasteiger partial charge in [-0.25, -0.2) is 4.79 Å². The Kier molecular flexibility index (Phi) is 6.06. The summed E-state index contributed by atoms with van der Waals surface area (Å²) >= 11 is 2.72. The Balaban J connectivity index is 1.76. The molecule has 0 spiro atoms. The molecule has 0 aliphatic carbocycles. The molecule has 9 nitrogen and oxygen atoms in total. The van der Waals surface area contributed by atoms with Gasteiger partial charge in [0.1, 0.15) is 17.1 Å². The Bertz CT molecular complexity index is 837. The number of nitrogens with one attached hydrogen (secondary N) is 1. The molecule has 11 heteroatoms. The number of nitrogens with zero attached hydrogens (tertiary/aromatic N) is 1. The summed E-state index contributed by atoms with van der Waals surface area (Å²) in [6.45, 7) is 1.18. The van der Waals surface area contributed by atoms with Gasteiger partial charge in [-0.3, -0.25) is 19.3 Å². The number of methoxy groups -OCH3 is 1. The van der Waals surface area contributed by atoms with Crippen LogP contribution in [0.1, 0.15) is 11.8 Å². The number of amides is 2. The fourth-order valence-electron chi connectivity index (χ4n) is 3.03. The van der Waals surface area contributed by atoms with Gasteiger partial charge in [-0.05, 0) is 11.4 Å². The van der Waals surface area contributed by atoms with E-state index in [1.807, 2.05) is 17.5 Å². The number of carbonyl (C=O) groups is 4. The number of thiophene rings is 1. The highest BCUT2D eigenvalue weighted by Gasteiger charge is 2.55. The standard InChI is InChI=1S/C17H18N2O7S2/c1-8(20)26-17(25-2)10-7-28-15-12(14(22)19(15)13(10)16(23)24)18-11(21)6-9-4-3-5-27-9/h3-5,12,15,17H,6-7H2,1-2H3,(H,18,21)(H,23,24)/t12-,15-,17?/m1/s1. The maximum Gasteiger partial charge on any atom is 0.352 e. The zero-order chi connectivity index (χ0) is 20.4. The summed E-state index contributed by atoms with van der Waals surface area (Å²) in [4.78, 5) is 49.8. The molecule has 1 aromatic rings. The van der Waals surface area contributed by atoms with Gasteiger partial charge in [-0.1, -0.05) is 6.07 Å². The van der Waals surface area contributed by atoms with Crippen LogP contribution in [0.15, 0.2) is 28.8 Å². The van der Waals surface area contributed by atoms with Gasteiger partial charge in [0.05, 0.1) is 6.42 Å². The maximum absolute atomic E-state index is 12.6. The molecule has 0 radical (unpaired) electrons. The van der Waals surface area contributed by atoms with Crippen molar-refractivity contribution in [2.75, 3.05) is 12.9 Å². The van der Waals surface area contributed by atoms with Gasteiger partial charge in [0.25, 0.3) is 5.91 Å². The van der Waals surface area contributed by atoms with Crippen molar-refractivity contribution in [1.82, 2.24) is 10.2 Å². The Hall–Kier alpha value is -2.37. The van der Waals surface area contributed by atoms with E-state index < -0.39 is 35.6 Å². The second kappa shape index (κ2) is 8.33. The van der Waals surface area contributed by atoms with Crippen LogP contribution >= 0.6 is 23.1 Å². The highest BCUT2D eigenvalue weighted by molar-refractivity contribution is 8.00. The molecule has 28 heavy (non-hydrogen) atoms. The van der Waals surface area contributed by atoms with Gasteiger partial charge in [0, 0.05) is 30.2 Å². The molecule has 3 rings (SSSR count). The van der Waals surface area contributed by atoms with Crippen LogP contribution in [-0.4, -0.2) is 64.3 Å². The summed E-state index contributed by atoms with van der Waals surface area (Å²) in [7, 11) is 1.28. The number of hydrogen-bond donors (Lipinski definition) is 2. The Labute approximate surface area is 168 Å². The van der Waals surface area contributed by atoms with Crippen molar-refractivity contribution in [3.63, 3.8) is 0 Å². The molecule has 0 aromatic carbocycles. The van der Waals surface area contributed by atoms with Crippen LogP contribution in [0.25, 0.3) is 0 Å². The molecular formula is C17H18N2O7S2. The Morgan fingerprint density at radius 2 is 2.18 bits per heavy atom. The zero-order valence-electron chi connectivity index (χ0n) is 15.0. The predicted octanol–water partition coefficient (Wildman–Crippen LogP) is 0.565. The van der Waals surface area contributed by atoms with Crippen LogP contribution in [-0.2, 0) is 35.1 Å². The fraction of sp³-hybridized carbons (Fsp3) is 0.412. The van der Waals surface area contributed by atoms with E-state index >= 15 is 0 Å². The summed E-state index contributed by atoms with van der Waals surface area (Å²) in [6, 6.07) is 2.86. The Morgan fingerprint density at radius 1 is 1.43 bits per heavy atom. The highest BCUT2D eigenvalue weighted by atomic mass is 32.2. The van der Waals surface area contributed by atoms with E-state index in [1.54, 1.807) is 0 Å². The van der Waals surface area contributed by atoms with Crippen molar-refractivity contribution in [2.24, 2.45) is 0 Å². The van der Waals surface area contributed by atoms with Crippen molar-refractivity contribution >= 4 is 46.9 Å². The molecule has 2 aliphatic rings. The van der Waals surface area contributed by atoms with E-state index in [2.05, 4.69) is 5.32 Å². The maximum atomic E-state index is 12.6. The van der Waals surface area contributed by atoms with Crippen molar-refractivity contribution in [3.05, 3.63) is 33.7 Å². The number of rotatable bonds is 7. The average Bonchev–Trinajstić information content (AvgIpc) is 3.15. The van der Waals surface area contributed by atoms with E-state index in [1.165, 1.54) is 37.1 Å². The third-order valence-corrected chi connectivity index (χ3v) is 6.38. The second-order valence-electron chi connectivity index (χ2n) is 6.07. The molecule has 3 atom stereocenters. The summed E-state index contributed by atoms with van der Waals surface area (Å²) in [5.41, 5.74) is -0.0891. The van der Waals surface area contributed by atoms with Crippen LogP contribution < -0.4 is 5.32 Å². The third-order valence-electron chi connectivity index (χ3n) is 4.20. The molecule has 3 heterocycles. The predicted molar refractivity (Wildman–Crippen MR) is 100 cm³/mol. The molecular weight excluding hydrogens is 408 g/mol. The minimum Gasteiger partial charge on any atom is -0.477 e. The summed E-state index contributed by atoms with van der Waals surface area (Å²) < 4.78 is 10.1. The number of fused-ring (bicyclic) bond motifs is 1. The summed E-state index contributed by atoms with van der Waals surface area (Å²) in [5, 5.41) is 13.6. The van der Waals surface area contributed by atoms with Gasteiger partial charge in [-0.2, -0.15) is 0 Å².